The molecule has 1 heterocycles. The third-order valence-electron chi connectivity index (χ3n) is 4.86. The Morgan fingerprint density at radius 1 is 1.00 bits per heavy atom. The summed E-state index contributed by atoms with van der Waals surface area (Å²) < 4.78 is 5.35. The second kappa shape index (κ2) is 9.78. The molecule has 6 heteroatoms. The molecule has 0 atom stereocenters. The zero-order valence-electron chi connectivity index (χ0n) is 16.2. The maximum Gasteiger partial charge on any atom is 0.258 e. The summed E-state index contributed by atoms with van der Waals surface area (Å²) in [6.07, 6.45) is 2.43. The molecule has 0 unspecified atom stereocenters. The molecule has 6 nitrogen and oxygen atoms in total. The lowest BCUT2D eigenvalue weighted by Gasteiger charge is -2.32. The average molecular weight is 381 g/mol. The van der Waals surface area contributed by atoms with E-state index >= 15 is 0 Å². The first kappa shape index (κ1) is 19.7. The highest BCUT2D eigenvalue weighted by Gasteiger charge is 2.16. The van der Waals surface area contributed by atoms with Crippen LogP contribution in [0.25, 0.3) is 0 Å². The van der Waals surface area contributed by atoms with Crippen LogP contribution in [-0.4, -0.2) is 38.1 Å². The standard InChI is InChI=1S/C22H27N3O3/c1-17-11-13-25(14-12-17)19-9-7-18(8-10-19)24-21(26)15-23-22(27)16-28-20-5-3-2-4-6-20/h2-10,17H,11-16H2,1H3,(H,23,27)(H,24,26). The molecule has 0 bridgehead atoms. The second-order valence-electron chi connectivity index (χ2n) is 7.14. The van der Waals surface area contributed by atoms with E-state index in [1.165, 1.54) is 18.5 Å². The number of nitrogens with zero attached hydrogens (tertiary/aromatic N) is 1. The first-order chi connectivity index (χ1) is 13.6. The Labute approximate surface area is 165 Å². The lowest BCUT2D eigenvalue weighted by Crippen LogP contribution is -2.35. The van der Waals surface area contributed by atoms with Crippen LogP contribution in [0.3, 0.4) is 0 Å². The minimum Gasteiger partial charge on any atom is -0.484 e. The SMILES string of the molecule is CC1CCN(c2ccc(NC(=O)CNC(=O)COc3ccccc3)cc2)CC1. The Hall–Kier alpha value is -3.02. The number of nitrogens with one attached hydrogen (secondary N) is 2. The Kier molecular flexibility index (Phi) is 6.89. The third-order valence-corrected chi connectivity index (χ3v) is 4.86. The Morgan fingerprint density at radius 2 is 1.68 bits per heavy atom. The number of para-hydroxylation sites is 1. The molecule has 148 valence electrons. The molecule has 0 radical (unpaired) electrons. The van der Waals surface area contributed by atoms with Gasteiger partial charge in [0, 0.05) is 24.5 Å². The number of rotatable bonds is 7. The number of piperidine rings is 1. The molecule has 2 N–H and O–H groups in total. The van der Waals surface area contributed by atoms with Crippen molar-refractivity contribution in [1.82, 2.24) is 5.32 Å². The van der Waals surface area contributed by atoms with Crippen LogP contribution >= 0.6 is 0 Å². The van der Waals surface area contributed by atoms with Crippen molar-refractivity contribution in [1.29, 1.82) is 0 Å². The van der Waals surface area contributed by atoms with Crippen LogP contribution in [-0.2, 0) is 9.59 Å². The number of ether oxygens (including phenoxy) is 1. The van der Waals surface area contributed by atoms with E-state index in [0.717, 1.165) is 19.0 Å². The number of carbonyl (C=O) groups excluding carboxylic acids is 2. The normalized spacial score (nSPS) is 14.4. The second-order valence-corrected chi connectivity index (χ2v) is 7.14. The van der Waals surface area contributed by atoms with Gasteiger partial charge in [-0.15, -0.1) is 0 Å². The smallest absolute Gasteiger partial charge is 0.258 e. The molecule has 0 aromatic heterocycles. The van der Waals surface area contributed by atoms with Gasteiger partial charge in [-0.2, -0.15) is 0 Å². The quantitative estimate of drug-likeness (QED) is 0.773. The number of hydrogen-bond acceptors (Lipinski definition) is 4. The minimum absolute atomic E-state index is 0.0945. The summed E-state index contributed by atoms with van der Waals surface area (Å²) in [7, 11) is 0. The van der Waals surface area contributed by atoms with E-state index in [9.17, 15) is 9.59 Å². The molecule has 2 amide bonds. The summed E-state index contributed by atoms with van der Waals surface area (Å²) in [6, 6.07) is 16.9. The van der Waals surface area contributed by atoms with E-state index in [4.69, 9.17) is 4.74 Å². The lowest BCUT2D eigenvalue weighted by atomic mass is 9.99. The van der Waals surface area contributed by atoms with Crippen LogP contribution in [0.5, 0.6) is 5.75 Å². The van der Waals surface area contributed by atoms with Crippen LogP contribution in [0.15, 0.2) is 54.6 Å². The molecule has 3 rings (SSSR count). The fourth-order valence-electron chi connectivity index (χ4n) is 3.12. The predicted molar refractivity (Wildman–Crippen MR) is 111 cm³/mol. The summed E-state index contributed by atoms with van der Waals surface area (Å²) in [5.41, 5.74) is 1.89. The van der Waals surface area contributed by atoms with Crippen molar-refractivity contribution in [3.05, 3.63) is 54.6 Å². The van der Waals surface area contributed by atoms with Gasteiger partial charge in [-0.3, -0.25) is 9.59 Å². The number of anilines is 2. The Balaban J connectivity index is 1.39. The molecule has 1 fully saturated rings. The number of amides is 2. The average Bonchev–Trinajstić information content (AvgIpc) is 2.73. The molecule has 1 aliphatic heterocycles. The van der Waals surface area contributed by atoms with Crippen molar-refractivity contribution in [2.75, 3.05) is 36.5 Å². The van der Waals surface area contributed by atoms with Gasteiger partial charge < -0.3 is 20.3 Å². The molecule has 28 heavy (non-hydrogen) atoms. The number of benzene rings is 2. The molecule has 0 saturated carbocycles. The molecule has 0 aliphatic carbocycles. The Morgan fingerprint density at radius 3 is 2.36 bits per heavy atom. The highest BCUT2D eigenvalue weighted by molar-refractivity contribution is 5.94. The molecule has 2 aromatic carbocycles. The van der Waals surface area contributed by atoms with Gasteiger partial charge >= 0.3 is 0 Å². The minimum atomic E-state index is -0.339. The van der Waals surface area contributed by atoms with Crippen LogP contribution < -0.4 is 20.3 Å². The predicted octanol–water partition coefficient (Wildman–Crippen LogP) is 3.06. The van der Waals surface area contributed by atoms with E-state index in [0.29, 0.717) is 11.4 Å². The van der Waals surface area contributed by atoms with Gasteiger partial charge in [-0.25, -0.2) is 0 Å². The van der Waals surface area contributed by atoms with Gasteiger partial charge in [-0.05, 0) is 55.2 Å². The van der Waals surface area contributed by atoms with E-state index in [-0.39, 0.29) is 25.0 Å². The maximum absolute atomic E-state index is 12.0. The molecule has 1 saturated heterocycles. The molecular weight excluding hydrogens is 354 g/mol. The van der Waals surface area contributed by atoms with Crippen molar-refractivity contribution < 1.29 is 14.3 Å². The van der Waals surface area contributed by atoms with Gasteiger partial charge in [0.1, 0.15) is 5.75 Å². The molecular formula is C22H27N3O3. The number of carbonyl (C=O) groups is 2. The summed E-state index contributed by atoms with van der Waals surface area (Å²) >= 11 is 0. The van der Waals surface area contributed by atoms with Gasteiger partial charge in [0.15, 0.2) is 6.61 Å². The fourth-order valence-corrected chi connectivity index (χ4v) is 3.12. The van der Waals surface area contributed by atoms with Crippen molar-refractivity contribution in [3.63, 3.8) is 0 Å². The fraction of sp³-hybridized carbons (Fsp3) is 0.364. The number of hydrogen-bond donors (Lipinski definition) is 2. The Bertz CT molecular complexity index is 769. The van der Waals surface area contributed by atoms with Crippen molar-refractivity contribution in [2.45, 2.75) is 19.8 Å². The van der Waals surface area contributed by atoms with Crippen LogP contribution in [0.4, 0.5) is 11.4 Å². The van der Waals surface area contributed by atoms with Crippen LogP contribution in [0.2, 0.25) is 0 Å². The van der Waals surface area contributed by atoms with Gasteiger partial charge in [-0.1, -0.05) is 25.1 Å². The molecule has 2 aromatic rings. The zero-order chi connectivity index (χ0) is 19.8. The first-order valence-corrected chi connectivity index (χ1v) is 9.69. The van der Waals surface area contributed by atoms with Crippen LogP contribution in [0, 0.1) is 5.92 Å². The third kappa shape index (κ3) is 6.01. The van der Waals surface area contributed by atoms with Crippen molar-refractivity contribution in [2.24, 2.45) is 5.92 Å². The monoisotopic (exact) mass is 381 g/mol. The van der Waals surface area contributed by atoms with Crippen molar-refractivity contribution >= 4 is 23.2 Å². The highest BCUT2D eigenvalue weighted by atomic mass is 16.5. The van der Waals surface area contributed by atoms with E-state index < -0.39 is 0 Å². The summed E-state index contributed by atoms with van der Waals surface area (Å²) in [4.78, 5) is 26.2. The topological polar surface area (TPSA) is 70.7 Å². The highest BCUT2D eigenvalue weighted by Crippen LogP contribution is 2.24. The van der Waals surface area contributed by atoms with Gasteiger partial charge in [0.2, 0.25) is 5.91 Å². The van der Waals surface area contributed by atoms with Gasteiger partial charge in [0.25, 0.3) is 5.91 Å². The largest absolute Gasteiger partial charge is 0.484 e. The van der Waals surface area contributed by atoms with Crippen molar-refractivity contribution in [3.8, 4) is 5.75 Å². The molecule has 1 aliphatic rings. The lowest BCUT2D eigenvalue weighted by molar-refractivity contribution is -0.125. The van der Waals surface area contributed by atoms with E-state index in [1.54, 1.807) is 12.1 Å². The summed E-state index contributed by atoms with van der Waals surface area (Å²) in [5.74, 6) is 0.801. The maximum atomic E-state index is 12.0. The first-order valence-electron chi connectivity index (χ1n) is 9.69. The van der Waals surface area contributed by atoms with E-state index in [2.05, 4.69) is 22.5 Å². The van der Waals surface area contributed by atoms with Crippen LogP contribution in [0.1, 0.15) is 19.8 Å². The van der Waals surface area contributed by atoms with Gasteiger partial charge in [0.05, 0.1) is 6.54 Å². The van der Waals surface area contributed by atoms with E-state index in [1.807, 2.05) is 42.5 Å². The zero-order valence-corrected chi connectivity index (χ0v) is 16.2. The molecule has 0 spiro atoms. The summed E-state index contributed by atoms with van der Waals surface area (Å²) in [6.45, 7) is 4.22. The summed E-state index contributed by atoms with van der Waals surface area (Å²) in [5, 5.41) is 5.35.